The minimum atomic E-state index is -1.54. The lowest BCUT2D eigenvalue weighted by Crippen LogP contribution is -2.36. The topological polar surface area (TPSA) is 101 Å². The first-order valence-electron chi connectivity index (χ1n) is 15.0. The Balaban J connectivity index is 1.29. The van der Waals surface area contributed by atoms with Gasteiger partial charge < -0.3 is 14.1 Å². The Bertz CT molecular complexity index is 1520. The van der Waals surface area contributed by atoms with Crippen LogP contribution in [-0.4, -0.2) is 45.6 Å². The molecule has 0 saturated carbocycles. The highest BCUT2D eigenvalue weighted by molar-refractivity contribution is 7.30. The smallest absolute Gasteiger partial charge is 0.330 e. The molecule has 9 nitrogen and oxygen atoms in total. The minimum absolute atomic E-state index is 0.298. The number of fused-ring (bicyclic) bond motifs is 1. The van der Waals surface area contributed by atoms with Gasteiger partial charge in [0.05, 0.1) is 22.6 Å². The van der Waals surface area contributed by atoms with Crippen molar-refractivity contribution in [2.45, 2.75) is 52.2 Å². The Labute approximate surface area is 268 Å². The van der Waals surface area contributed by atoms with Gasteiger partial charge in [0.1, 0.15) is 16.4 Å². The molecule has 0 radical (unpaired) electrons. The van der Waals surface area contributed by atoms with E-state index in [9.17, 15) is 4.79 Å². The van der Waals surface area contributed by atoms with Crippen LogP contribution < -0.4 is 4.90 Å². The van der Waals surface area contributed by atoms with Crippen LogP contribution in [0.5, 0.6) is 0 Å². The Hall–Kier alpha value is -3.58. The number of hydrogen-bond acceptors (Lipinski definition) is 11. The molecule has 0 aliphatic heterocycles. The first-order chi connectivity index (χ1) is 21.4. The standard InChI is InChI=1S/C32H40N6O3S2Si/c1-6-30(39)40-22-20-38(7-2)27-17-15-26(16-18-27)35-37-32-33-31-28(42-32)23-29(43-31)36-34-25-13-11-24(12-14-25)19-21-41-44(8-3,9-4)10-5/h6,11-18,23H,1,7-10,19-22H2,2-5H3. The largest absolute Gasteiger partial charge is 0.461 e. The molecule has 44 heavy (non-hydrogen) atoms. The summed E-state index contributed by atoms with van der Waals surface area (Å²) in [6.07, 6.45) is 2.08. The number of anilines is 1. The minimum Gasteiger partial charge on any atom is -0.461 e. The van der Waals surface area contributed by atoms with E-state index in [0.29, 0.717) is 18.3 Å². The third-order valence-electron chi connectivity index (χ3n) is 7.62. The normalized spacial score (nSPS) is 12.0. The van der Waals surface area contributed by atoms with E-state index in [4.69, 9.17) is 9.16 Å². The monoisotopic (exact) mass is 648 g/mol. The number of thiophene rings is 1. The molecule has 12 heteroatoms. The Kier molecular flexibility index (Phi) is 12.5. The maximum atomic E-state index is 11.3. The predicted molar refractivity (Wildman–Crippen MR) is 185 cm³/mol. The summed E-state index contributed by atoms with van der Waals surface area (Å²) >= 11 is 2.95. The molecule has 2 aromatic carbocycles. The fraction of sp³-hybridized carbons (Fsp3) is 0.375. The first-order valence-corrected chi connectivity index (χ1v) is 19.2. The molecule has 0 aliphatic rings. The second-order valence-electron chi connectivity index (χ2n) is 10.1. The van der Waals surface area contributed by atoms with Crippen molar-refractivity contribution < 1.29 is 14.0 Å². The van der Waals surface area contributed by atoms with Crippen molar-refractivity contribution in [1.82, 2.24) is 4.98 Å². The van der Waals surface area contributed by atoms with Crippen molar-refractivity contribution in [2.24, 2.45) is 20.5 Å². The number of hydrogen-bond donors (Lipinski definition) is 0. The molecule has 0 bridgehead atoms. The van der Waals surface area contributed by atoms with E-state index in [1.807, 2.05) is 42.5 Å². The van der Waals surface area contributed by atoms with Gasteiger partial charge in [-0.2, -0.15) is 0 Å². The highest BCUT2D eigenvalue weighted by Crippen LogP contribution is 2.39. The number of aromatic nitrogens is 1. The zero-order valence-corrected chi connectivity index (χ0v) is 28.5. The van der Waals surface area contributed by atoms with E-state index < -0.39 is 14.3 Å². The number of carbonyl (C=O) groups is 1. The van der Waals surface area contributed by atoms with Gasteiger partial charge >= 0.3 is 5.97 Å². The number of azo groups is 2. The van der Waals surface area contributed by atoms with Crippen molar-refractivity contribution in [2.75, 3.05) is 31.2 Å². The van der Waals surface area contributed by atoms with E-state index in [0.717, 1.165) is 51.2 Å². The van der Waals surface area contributed by atoms with Crippen LogP contribution in [0.25, 0.3) is 9.53 Å². The summed E-state index contributed by atoms with van der Waals surface area (Å²) in [4.78, 5) is 18.9. The summed E-state index contributed by atoms with van der Waals surface area (Å²) in [6.45, 7) is 14.7. The number of carbonyl (C=O) groups excluding carboxylic acids is 1. The van der Waals surface area contributed by atoms with Crippen LogP contribution in [0.2, 0.25) is 18.1 Å². The average molecular weight is 649 g/mol. The van der Waals surface area contributed by atoms with E-state index in [1.165, 1.54) is 52.4 Å². The molecule has 2 aromatic heterocycles. The third kappa shape index (κ3) is 9.21. The van der Waals surface area contributed by atoms with E-state index in [-0.39, 0.29) is 0 Å². The van der Waals surface area contributed by atoms with Gasteiger partial charge in [-0.25, -0.2) is 9.78 Å². The Morgan fingerprint density at radius 3 is 2.18 bits per heavy atom. The third-order valence-corrected chi connectivity index (χ3v) is 14.2. The highest BCUT2D eigenvalue weighted by Gasteiger charge is 2.28. The quantitative estimate of drug-likeness (QED) is 0.0491. The summed E-state index contributed by atoms with van der Waals surface area (Å²) in [5, 5.41) is 18.9. The molecule has 0 atom stereocenters. The van der Waals surface area contributed by atoms with Crippen molar-refractivity contribution >= 4 is 73.7 Å². The van der Waals surface area contributed by atoms with Crippen molar-refractivity contribution in [3.8, 4) is 0 Å². The zero-order valence-electron chi connectivity index (χ0n) is 25.9. The van der Waals surface area contributed by atoms with E-state index in [2.05, 4.69) is 76.7 Å². The Morgan fingerprint density at radius 2 is 1.57 bits per heavy atom. The van der Waals surface area contributed by atoms with Crippen LogP contribution >= 0.6 is 22.7 Å². The van der Waals surface area contributed by atoms with Gasteiger partial charge in [0.15, 0.2) is 8.32 Å². The van der Waals surface area contributed by atoms with Crippen molar-refractivity contribution in [1.29, 1.82) is 0 Å². The average Bonchev–Trinajstić information content (AvgIpc) is 3.63. The predicted octanol–water partition coefficient (Wildman–Crippen LogP) is 10.3. The van der Waals surface area contributed by atoms with Crippen LogP contribution in [0.4, 0.5) is 27.2 Å². The first kappa shape index (κ1) is 33.3. The second kappa shape index (κ2) is 16.5. The molecular formula is C32H40N6O3S2Si. The SMILES string of the molecule is C=CC(=O)OCCN(CC)c1ccc(N=Nc2nc3sc(N=Nc4ccc(CCO[Si](CC)(CC)CC)cc4)cc3s2)cc1. The summed E-state index contributed by atoms with van der Waals surface area (Å²) in [5.41, 5.74) is 3.81. The molecule has 2 heterocycles. The molecule has 4 aromatic rings. The summed E-state index contributed by atoms with van der Waals surface area (Å²) in [6, 6.07) is 21.5. The lowest BCUT2D eigenvalue weighted by Gasteiger charge is -2.27. The van der Waals surface area contributed by atoms with Gasteiger partial charge in [0.25, 0.3) is 0 Å². The van der Waals surface area contributed by atoms with Crippen LogP contribution in [0.3, 0.4) is 0 Å². The molecule has 0 saturated heterocycles. The number of likely N-dealkylation sites (N-methyl/N-ethyl adjacent to an activating group) is 1. The summed E-state index contributed by atoms with van der Waals surface area (Å²) < 4.78 is 12.5. The molecule has 0 spiro atoms. The van der Waals surface area contributed by atoms with Crippen LogP contribution in [0, 0.1) is 0 Å². The van der Waals surface area contributed by atoms with Crippen LogP contribution in [0.15, 0.2) is 87.7 Å². The second-order valence-corrected chi connectivity index (χ2v) is 16.9. The van der Waals surface area contributed by atoms with Gasteiger partial charge in [-0.1, -0.05) is 62.2 Å². The molecule has 4 rings (SSSR count). The molecular weight excluding hydrogens is 609 g/mol. The molecule has 232 valence electrons. The number of rotatable bonds is 17. The summed E-state index contributed by atoms with van der Waals surface area (Å²) in [7, 11) is -1.54. The molecule has 0 fully saturated rings. The van der Waals surface area contributed by atoms with Gasteiger partial charge in [-0.3, -0.25) is 0 Å². The van der Waals surface area contributed by atoms with Crippen molar-refractivity contribution in [3.63, 3.8) is 0 Å². The van der Waals surface area contributed by atoms with Gasteiger partial charge in [0.2, 0.25) is 5.13 Å². The van der Waals surface area contributed by atoms with Crippen LogP contribution in [-0.2, 0) is 20.4 Å². The number of thiazole rings is 1. The van der Waals surface area contributed by atoms with Crippen LogP contribution in [0.1, 0.15) is 33.3 Å². The van der Waals surface area contributed by atoms with Gasteiger partial charge in [-0.05, 0) is 79.5 Å². The number of esters is 1. The molecule has 0 N–H and O–H groups in total. The van der Waals surface area contributed by atoms with Gasteiger partial charge in [-0.15, -0.1) is 20.5 Å². The number of benzene rings is 2. The molecule has 0 unspecified atom stereocenters. The lowest BCUT2D eigenvalue weighted by molar-refractivity contribution is -0.137. The fourth-order valence-electron chi connectivity index (χ4n) is 4.70. The van der Waals surface area contributed by atoms with E-state index >= 15 is 0 Å². The maximum Gasteiger partial charge on any atom is 0.330 e. The maximum absolute atomic E-state index is 11.3. The lowest BCUT2D eigenvalue weighted by atomic mass is 10.1. The number of ether oxygens (including phenoxy) is 1. The Morgan fingerprint density at radius 1 is 0.909 bits per heavy atom. The zero-order chi connectivity index (χ0) is 31.4. The van der Waals surface area contributed by atoms with Crippen molar-refractivity contribution in [3.05, 3.63) is 72.8 Å². The molecule has 0 amide bonds. The number of nitrogens with zero attached hydrogens (tertiary/aromatic N) is 6. The van der Waals surface area contributed by atoms with E-state index in [1.54, 1.807) is 0 Å². The summed E-state index contributed by atoms with van der Waals surface area (Å²) in [5.74, 6) is -0.416. The van der Waals surface area contributed by atoms with Gasteiger partial charge in [0, 0.05) is 24.9 Å². The fourth-order valence-corrected chi connectivity index (χ4v) is 9.19. The molecule has 0 aliphatic carbocycles. The highest BCUT2D eigenvalue weighted by atomic mass is 32.1.